The summed E-state index contributed by atoms with van der Waals surface area (Å²) in [6.45, 7) is 0. The lowest BCUT2D eigenvalue weighted by Crippen LogP contribution is -2.14. The summed E-state index contributed by atoms with van der Waals surface area (Å²) >= 11 is 5.94. The fraction of sp³-hybridized carbons (Fsp3) is 0.308. The first kappa shape index (κ1) is 14.3. The summed E-state index contributed by atoms with van der Waals surface area (Å²) in [5.74, 6) is 2.26. The molecule has 1 heterocycles. The van der Waals surface area contributed by atoms with Crippen LogP contribution < -0.4 is 14.4 Å². The van der Waals surface area contributed by atoms with Crippen molar-refractivity contribution in [1.82, 2.24) is 15.0 Å². The number of anilines is 1. The van der Waals surface area contributed by atoms with Crippen LogP contribution in [0.15, 0.2) is 18.2 Å². The van der Waals surface area contributed by atoms with Crippen molar-refractivity contribution in [3.05, 3.63) is 23.5 Å². The van der Waals surface area contributed by atoms with Crippen LogP contribution in [0, 0.1) is 0 Å². The van der Waals surface area contributed by atoms with Crippen LogP contribution in [0.25, 0.3) is 11.4 Å². The van der Waals surface area contributed by atoms with Gasteiger partial charge in [-0.1, -0.05) is 0 Å². The van der Waals surface area contributed by atoms with Gasteiger partial charge in [0, 0.05) is 25.7 Å². The number of ether oxygens (including phenoxy) is 2. The van der Waals surface area contributed by atoms with Crippen LogP contribution >= 0.6 is 11.6 Å². The Hall–Kier alpha value is -2.08. The fourth-order valence-corrected chi connectivity index (χ4v) is 1.76. The zero-order valence-electron chi connectivity index (χ0n) is 11.7. The maximum Gasteiger partial charge on any atom is 0.229 e. The van der Waals surface area contributed by atoms with Gasteiger partial charge < -0.3 is 14.4 Å². The Kier molecular flexibility index (Phi) is 4.24. The Balaban J connectivity index is 2.55. The molecule has 0 fully saturated rings. The van der Waals surface area contributed by atoms with E-state index in [0.717, 1.165) is 5.56 Å². The second kappa shape index (κ2) is 5.92. The molecule has 0 bridgehead atoms. The Morgan fingerprint density at radius 2 is 1.55 bits per heavy atom. The summed E-state index contributed by atoms with van der Waals surface area (Å²) in [5.41, 5.74) is 0.744. The number of rotatable bonds is 4. The molecule has 1 aromatic heterocycles. The van der Waals surface area contributed by atoms with Crippen LogP contribution in [0.5, 0.6) is 11.5 Å². The van der Waals surface area contributed by atoms with Gasteiger partial charge in [-0.25, -0.2) is 0 Å². The molecule has 7 heteroatoms. The maximum absolute atomic E-state index is 5.94. The van der Waals surface area contributed by atoms with Gasteiger partial charge in [-0.05, 0) is 23.7 Å². The molecule has 2 aromatic rings. The minimum Gasteiger partial charge on any atom is -0.497 e. The van der Waals surface area contributed by atoms with E-state index in [4.69, 9.17) is 21.1 Å². The molecule has 20 heavy (non-hydrogen) atoms. The predicted molar refractivity (Wildman–Crippen MR) is 77.7 cm³/mol. The average molecular weight is 295 g/mol. The van der Waals surface area contributed by atoms with Crippen LogP contribution in [0.2, 0.25) is 5.28 Å². The van der Waals surface area contributed by atoms with Crippen LogP contribution in [-0.2, 0) is 0 Å². The van der Waals surface area contributed by atoms with Crippen molar-refractivity contribution < 1.29 is 9.47 Å². The van der Waals surface area contributed by atoms with Gasteiger partial charge in [-0.3, -0.25) is 0 Å². The van der Waals surface area contributed by atoms with Crippen LogP contribution in [-0.4, -0.2) is 43.3 Å². The van der Waals surface area contributed by atoms with E-state index in [1.165, 1.54) is 0 Å². The normalized spacial score (nSPS) is 10.2. The molecule has 0 aliphatic heterocycles. The van der Waals surface area contributed by atoms with Gasteiger partial charge in [0.1, 0.15) is 11.5 Å². The van der Waals surface area contributed by atoms with E-state index < -0.39 is 0 Å². The third-order valence-electron chi connectivity index (χ3n) is 2.61. The van der Waals surface area contributed by atoms with Crippen molar-refractivity contribution in [3.8, 4) is 22.9 Å². The number of benzene rings is 1. The molecule has 0 aliphatic carbocycles. The molecule has 6 nitrogen and oxygen atoms in total. The van der Waals surface area contributed by atoms with Gasteiger partial charge in [-0.2, -0.15) is 15.0 Å². The number of hydrogen-bond acceptors (Lipinski definition) is 6. The van der Waals surface area contributed by atoms with E-state index in [1.807, 2.05) is 26.2 Å². The van der Waals surface area contributed by atoms with Gasteiger partial charge in [0.05, 0.1) is 14.2 Å². The minimum atomic E-state index is 0.139. The standard InChI is InChI=1S/C13H15ClN4O2/c1-18(2)13-16-11(15-12(14)17-13)8-5-9(19-3)7-10(6-8)20-4/h5-7H,1-4H3. The molecule has 0 atom stereocenters. The van der Waals surface area contributed by atoms with E-state index in [2.05, 4.69) is 15.0 Å². The molecule has 0 N–H and O–H groups in total. The number of nitrogens with zero attached hydrogens (tertiary/aromatic N) is 4. The molecular formula is C13H15ClN4O2. The van der Waals surface area contributed by atoms with Crippen LogP contribution in [0.4, 0.5) is 5.95 Å². The highest BCUT2D eigenvalue weighted by molar-refractivity contribution is 6.28. The van der Waals surface area contributed by atoms with Crippen LogP contribution in [0.1, 0.15) is 0 Å². The first-order valence-corrected chi connectivity index (χ1v) is 6.23. The topological polar surface area (TPSA) is 60.4 Å². The summed E-state index contributed by atoms with van der Waals surface area (Å²) in [5, 5.41) is 0.139. The third kappa shape index (κ3) is 3.08. The van der Waals surface area contributed by atoms with Crippen molar-refractivity contribution in [3.63, 3.8) is 0 Å². The molecule has 0 unspecified atom stereocenters. The molecule has 0 saturated heterocycles. The van der Waals surface area contributed by atoms with Gasteiger partial charge in [0.2, 0.25) is 11.2 Å². The lowest BCUT2D eigenvalue weighted by molar-refractivity contribution is 0.394. The molecule has 0 saturated carbocycles. The Morgan fingerprint density at radius 3 is 2.05 bits per heavy atom. The van der Waals surface area contributed by atoms with Gasteiger partial charge in [0.25, 0.3) is 0 Å². The van der Waals surface area contributed by atoms with Crippen molar-refractivity contribution in [2.75, 3.05) is 33.2 Å². The Labute approximate surface area is 122 Å². The molecule has 2 rings (SSSR count). The molecule has 0 aliphatic rings. The summed E-state index contributed by atoms with van der Waals surface area (Å²) in [6, 6.07) is 5.40. The highest BCUT2D eigenvalue weighted by atomic mass is 35.5. The summed E-state index contributed by atoms with van der Waals surface area (Å²) in [6.07, 6.45) is 0. The second-order valence-corrected chi connectivity index (χ2v) is 4.56. The van der Waals surface area contributed by atoms with Crippen LogP contribution in [0.3, 0.4) is 0 Å². The first-order valence-electron chi connectivity index (χ1n) is 5.86. The highest BCUT2D eigenvalue weighted by Crippen LogP contribution is 2.28. The molecule has 0 spiro atoms. The average Bonchev–Trinajstić information content (AvgIpc) is 2.45. The molecule has 0 amide bonds. The zero-order valence-corrected chi connectivity index (χ0v) is 12.5. The smallest absolute Gasteiger partial charge is 0.229 e. The molecule has 1 aromatic carbocycles. The molecular weight excluding hydrogens is 280 g/mol. The Bertz CT molecular complexity index is 597. The van der Waals surface area contributed by atoms with E-state index in [0.29, 0.717) is 23.3 Å². The number of hydrogen-bond donors (Lipinski definition) is 0. The van der Waals surface area contributed by atoms with Crippen molar-refractivity contribution in [1.29, 1.82) is 0 Å². The van der Waals surface area contributed by atoms with Crippen molar-refractivity contribution in [2.24, 2.45) is 0 Å². The quantitative estimate of drug-likeness (QED) is 0.862. The summed E-state index contributed by atoms with van der Waals surface area (Å²) in [7, 11) is 6.84. The third-order valence-corrected chi connectivity index (χ3v) is 2.77. The van der Waals surface area contributed by atoms with Gasteiger partial charge >= 0.3 is 0 Å². The van der Waals surface area contributed by atoms with E-state index >= 15 is 0 Å². The van der Waals surface area contributed by atoms with Gasteiger partial charge in [-0.15, -0.1) is 0 Å². The van der Waals surface area contributed by atoms with Crippen molar-refractivity contribution >= 4 is 17.5 Å². The first-order chi connectivity index (χ1) is 9.53. The Morgan fingerprint density at radius 1 is 0.950 bits per heavy atom. The lowest BCUT2D eigenvalue weighted by Gasteiger charge is -2.12. The summed E-state index contributed by atoms with van der Waals surface area (Å²) in [4.78, 5) is 14.3. The lowest BCUT2D eigenvalue weighted by atomic mass is 10.2. The van der Waals surface area contributed by atoms with E-state index in [9.17, 15) is 0 Å². The monoisotopic (exact) mass is 294 g/mol. The molecule has 106 valence electrons. The summed E-state index contributed by atoms with van der Waals surface area (Å²) < 4.78 is 10.5. The largest absolute Gasteiger partial charge is 0.497 e. The highest BCUT2D eigenvalue weighted by Gasteiger charge is 2.11. The van der Waals surface area contributed by atoms with E-state index in [1.54, 1.807) is 25.2 Å². The SMILES string of the molecule is COc1cc(OC)cc(-c2nc(Cl)nc(N(C)C)n2)c1. The second-order valence-electron chi connectivity index (χ2n) is 4.22. The van der Waals surface area contributed by atoms with E-state index in [-0.39, 0.29) is 5.28 Å². The molecule has 0 radical (unpaired) electrons. The van der Waals surface area contributed by atoms with Gasteiger partial charge in [0.15, 0.2) is 5.82 Å². The number of halogens is 1. The minimum absolute atomic E-state index is 0.139. The predicted octanol–water partition coefficient (Wildman–Crippen LogP) is 2.28. The zero-order chi connectivity index (χ0) is 14.7. The number of aromatic nitrogens is 3. The fourth-order valence-electron chi connectivity index (χ4n) is 1.61. The number of methoxy groups -OCH3 is 2. The maximum atomic E-state index is 5.94. The van der Waals surface area contributed by atoms with Crippen molar-refractivity contribution in [2.45, 2.75) is 0 Å².